The van der Waals surface area contributed by atoms with E-state index in [0.29, 0.717) is 44.6 Å². The fraction of sp³-hybridized carbons (Fsp3) is 0.600. The molecule has 9 heteroatoms. The van der Waals surface area contributed by atoms with Gasteiger partial charge in [-0.15, -0.1) is 5.10 Å². The Morgan fingerprint density at radius 1 is 1.21 bits per heavy atom. The topological polar surface area (TPSA) is 92.6 Å². The minimum absolute atomic E-state index is 0.0540. The molecule has 0 radical (unpaired) electrons. The number of hydrogen-bond donors (Lipinski definition) is 1. The molecule has 0 atom stereocenters. The number of rotatable bonds is 6. The van der Waals surface area contributed by atoms with Crippen LogP contribution >= 0.6 is 0 Å². The van der Waals surface area contributed by atoms with Crippen molar-refractivity contribution in [3.05, 3.63) is 17.3 Å². The zero-order valence-electron chi connectivity index (χ0n) is 17.3. The van der Waals surface area contributed by atoms with E-state index in [1.165, 1.54) is 0 Å². The number of nitrogens with zero attached hydrogens (tertiary/aromatic N) is 5. The van der Waals surface area contributed by atoms with Gasteiger partial charge in [-0.25, -0.2) is 9.67 Å². The van der Waals surface area contributed by atoms with Crippen LogP contribution in [0.15, 0.2) is 6.07 Å². The smallest absolute Gasteiger partial charge is 0.260 e. The number of carbonyl (C=O) groups excluding carboxylic acids is 2. The Balaban J connectivity index is 1.29. The molecule has 2 aliphatic rings. The molecule has 9 nitrogen and oxygen atoms in total. The normalized spacial score (nSPS) is 17.6. The molecule has 0 spiro atoms. The molecule has 2 aromatic rings. The maximum atomic E-state index is 12.6. The molecule has 2 amide bonds. The average molecular weight is 400 g/mol. The monoisotopic (exact) mass is 400 g/mol. The van der Waals surface area contributed by atoms with E-state index in [9.17, 15) is 9.59 Å². The molecule has 4 rings (SSSR count). The van der Waals surface area contributed by atoms with Crippen molar-refractivity contribution >= 4 is 22.8 Å². The molecule has 1 N–H and O–H groups in total. The SMILES string of the molecule is Cc1cc(C)c2c(OCC(=O)N3CCN(CC(=O)NC4CC4)CC3)nn(C)c2n1. The first-order chi connectivity index (χ1) is 13.9. The molecule has 3 heterocycles. The lowest BCUT2D eigenvalue weighted by molar-refractivity contribution is -0.135. The maximum absolute atomic E-state index is 12.6. The van der Waals surface area contributed by atoms with Crippen LogP contribution in [0.1, 0.15) is 24.1 Å². The molecule has 0 unspecified atom stereocenters. The van der Waals surface area contributed by atoms with E-state index < -0.39 is 0 Å². The van der Waals surface area contributed by atoms with Crippen LogP contribution in [0, 0.1) is 13.8 Å². The molecule has 0 bridgehead atoms. The van der Waals surface area contributed by atoms with Gasteiger partial charge in [0.15, 0.2) is 12.3 Å². The fourth-order valence-electron chi connectivity index (χ4n) is 3.73. The summed E-state index contributed by atoms with van der Waals surface area (Å²) in [5.41, 5.74) is 2.70. The lowest BCUT2D eigenvalue weighted by atomic mass is 10.2. The van der Waals surface area contributed by atoms with Gasteiger partial charge in [0.1, 0.15) is 0 Å². The highest BCUT2D eigenvalue weighted by Crippen LogP contribution is 2.27. The van der Waals surface area contributed by atoms with E-state index >= 15 is 0 Å². The molecule has 29 heavy (non-hydrogen) atoms. The summed E-state index contributed by atoms with van der Waals surface area (Å²) < 4.78 is 7.46. The van der Waals surface area contributed by atoms with Crippen molar-refractivity contribution in [2.75, 3.05) is 39.3 Å². The van der Waals surface area contributed by atoms with E-state index in [-0.39, 0.29) is 18.4 Å². The van der Waals surface area contributed by atoms with Gasteiger partial charge in [-0.05, 0) is 38.3 Å². The number of pyridine rings is 1. The highest BCUT2D eigenvalue weighted by molar-refractivity contribution is 5.86. The van der Waals surface area contributed by atoms with Crippen LogP contribution in [0.5, 0.6) is 5.88 Å². The summed E-state index contributed by atoms with van der Waals surface area (Å²) in [5, 5.41) is 8.24. The second-order valence-corrected chi connectivity index (χ2v) is 8.00. The predicted molar refractivity (Wildman–Crippen MR) is 108 cm³/mol. The lowest BCUT2D eigenvalue weighted by Crippen LogP contribution is -2.52. The van der Waals surface area contributed by atoms with Crippen LogP contribution in [-0.4, -0.2) is 81.8 Å². The number of nitrogens with one attached hydrogen (secondary N) is 1. The molecular weight excluding hydrogens is 372 g/mol. The van der Waals surface area contributed by atoms with Crippen LogP contribution in [0.3, 0.4) is 0 Å². The Bertz CT molecular complexity index is 928. The molecule has 1 saturated heterocycles. The molecule has 2 fully saturated rings. The third-order valence-corrected chi connectivity index (χ3v) is 5.45. The van der Waals surface area contributed by atoms with Crippen molar-refractivity contribution in [2.45, 2.75) is 32.7 Å². The second-order valence-electron chi connectivity index (χ2n) is 8.00. The van der Waals surface area contributed by atoms with Gasteiger partial charge in [-0.1, -0.05) is 0 Å². The lowest BCUT2D eigenvalue weighted by Gasteiger charge is -2.34. The molecule has 1 aliphatic carbocycles. The van der Waals surface area contributed by atoms with Crippen molar-refractivity contribution < 1.29 is 14.3 Å². The molecule has 1 saturated carbocycles. The summed E-state index contributed by atoms with van der Waals surface area (Å²) in [6, 6.07) is 2.37. The number of aryl methyl sites for hydroxylation is 3. The summed E-state index contributed by atoms with van der Waals surface area (Å²) in [6.07, 6.45) is 2.18. The highest BCUT2D eigenvalue weighted by Gasteiger charge is 2.26. The van der Waals surface area contributed by atoms with Crippen LogP contribution < -0.4 is 10.1 Å². The minimum Gasteiger partial charge on any atom is -0.466 e. The van der Waals surface area contributed by atoms with Gasteiger partial charge >= 0.3 is 0 Å². The average Bonchev–Trinajstić information content (AvgIpc) is 3.42. The maximum Gasteiger partial charge on any atom is 0.260 e. The van der Waals surface area contributed by atoms with Crippen LogP contribution in [0.4, 0.5) is 0 Å². The Hall–Kier alpha value is -2.68. The first-order valence-corrected chi connectivity index (χ1v) is 10.1. The van der Waals surface area contributed by atoms with Crippen molar-refractivity contribution in [1.29, 1.82) is 0 Å². The Kier molecular flexibility index (Phi) is 5.40. The first-order valence-electron chi connectivity index (χ1n) is 10.1. The van der Waals surface area contributed by atoms with Crippen molar-refractivity contribution in [3.8, 4) is 5.88 Å². The third kappa shape index (κ3) is 4.50. The number of fused-ring (bicyclic) bond motifs is 1. The van der Waals surface area contributed by atoms with Crippen molar-refractivity contribution in [2.24, 2.45) is 7.05 Å². The summed E-state index contributed by atoms with van der Waals surface area (Å²) in [6.45, 7) is 6.87. The van der Waals surface area contributed by atoms with Gasteiger partial charge in [0, 0.05) is 45.0 Å². The highest BCUT2D eigenvalue weighted by atomic mass is 16.5. The van der Waals surface area contributed by atoms with E-state index in [1.807, 2.05) is 27.0 Å². The summed E-state index contributed by atoms with van der Waals surface area (Å²) in [5.74, 6) is 0.455. The Morgan fingerprint density at radius 3 is 2.62 bits per heavy atom. The number of aromatic nitrogens is 3. The van der Waals surface area contributed by atoms with Gasteiger partial charge in [-0.3, -0.25) is 14.5 Å². The van der Waals surface area contributed by atoms with Gasteiger partial charge in [-0.2, -0.15) is 0 Å². The van der Waals surface area contributed by atoms with E-state index in [4.69, 9.17) is 4.74 Å². The molecule has 0 aromatic carbocycles. The fourth-order valence-corrected chi connectivity index (χ4v) is 3.73. The number of piperazine rings is 1. The van der Waals surface area contributed by atoms with E-state index in [0.717, 1.165) is 35.1 Å². The largest absolute Gasteiger partial charge is 0.466 e. The molecular formula is C20H28N6O3. The summed E-state index contributed by atoms with van der Waals surface area (Å²) in [7, 11) is 1.82. The molecule has 2 aromatic heterocycles. The predicted octanol–water partition coefficient (Wildman–Crippen LogP) is 0.387. The molecule has 1 aliphatic heterocycles. The minimum atomic E-state index is -0.0661. The van der Waals surface area contributed by atoms with Gasteiger partial charge in [0.05, 0.1) is 11.9 Å². The molecule has 156 valence electrons. The number of amides is 2. The number of hydrogen-bond acceptors (Lipinski definition) is 6. The van der Waals surface area contributed by atoms with Gasteiger partial charge < -0.3 is 15.0 Å². The zero-order chi connectivity index (χ0) is 20.5. The Morgan fingerprint density at radius 2 is 1.93 bits per heavy atom. The van der Waals surface area contributed by atoms with Crippen LogP contribution in [-0.2, 0) is 16.6 Å². The summed E-state index contributed by atoms with van der Waals surface area (Å²) >= 11 is 0. The summed E-state index contributed by atoms with van der Waals surface area (Å²) in [4.78, 5) is 32.9. The van der Waals surface area contributed by atoms with Gasteiger partial charge in [0.2, 0.25) is 11.8 Å². The first kappa shape index (κ1) is 19.6. The van der Waals surface area contributed by atoms with Crippen molar-refractivity contribution in [1.82, 2.24) is 29.9 Å². The van der Waals surface area contributed by atoms with Gasteiger partial charge in [0.25, 0.3) is 5.91 Å². The van der Waals surface area contributed by atoms with E-state index in [1.54, 1.807) is 9.58 Å². The Labute approximate surface area is 170 Å². The number of ether oxygens (including phenoxy) is 1. The zero-order valence-corrected chi connectivity index (χ0v) is 17.3. The standard InChI is InChI=1S/C20H28N6O3/c1-13-10-14(2)21-19-18(13)20(23-24(19)3)29-12-17(28)26-8-6-25(7-9-26)11-16(27)22-15-4-5-15/h10,15H,4-9,11-12H2,1-3H3,(H,22,27). The number of carbonyl (C=O) groups is 2. The third-order valence-electron chi connectivity index (χ3n) is 5.45. The second kappa shape index (κ2) is 7.98. The van der Waals surface area contributed by atoms with Crippen LogP contribution in [0.2, 0.25) is 0 Å². The quantitative estimate of drug-likeness (QED) is 0.754. The van der Waals surface area contributed by atoms with Crippen molar-refractivity contribution in [3.63, 3.8) is 0 Å². The van der Waals surface area contributed by atoms with E-state index in [2.05, 4.69) is 20.3 Å². The van der Waals surface area contributed by atoms with Crippen LogP contribution in [0.25, 0.3) is 11.0 Å².